The Morgan fingerprint density at radius 1 is 1.07 bits per heavy atom. The first-order chi connectivity index (χ1) is 12.8. The fourth-order valence-electron chi connectivity index (χ4n) is 2.77. The minimum absolute atomic E-state index is 0.0852. The summed E-state index contributed by atoms with van der Waals surface area (Å²) in [5.41, 5.74) is 1.38. The van der Waals surface area contributed by atoms with Crippen molar-refractivity contribution in [2.75, 3.05) is 28.4 Å². The number of amides is 1. The molecule has 2 rings (SSSR count). The van der Waals surface area contributed by atoms with Gasteiger partial charge < -0.3 is 19.1 Å². The number of aryl methyl sites for hydroxylation is 1. The SMILES string of the molecule is COc1ccc(CN(C)C(=O)c2ccc(C)c([N+](=O)[O-])c2)c(OC)c1OC. The average Bonchev–Trinajstić information content (AvgIpc) is 2.66. The van der Waals surface area contributed by atoms with E-state index in [4.69, 9.17) is 14.2 Å². The van der Waals surface area contributed by atoms with E-state index >= 15 is 0 Å². The van der Waals surface area contributed by atoms with Crippen LogP contribution in [0.15, 0.2) is 30.3 Å². The van der Waals surface area contributed by atoms with Gasteiger partial charge in [-0.15, -0.1) is 0 Å². The van der Waals surface area contributed by atoms with Crippen molar-refractivity contribution < 1.29 is 23.9 Å². The monoisotopic (exact) mass is 374 g/mol. The predicted octanol–water partition coefficient (Wildman–Crippen LogP) is 3.20. The molecular formula is C19H22N2O6. The quantitative estimate of drug-likeness (QED) is 0.546. The maximum absolute atomic E-state index is 12.7. The molecular weight excluding hydrogens is 352 g/mol. The van der Waals surface area contributed by atoms with Crippen molar-refractivity contribution in [2.24, 2.45) is 0 Å². The first kappa shape index (κ1) is 20.0. The molecule has 0 saturated heterocycles. The molecule has 0 aromatic heterocycles. The molecule has 27 heavy (non-hydrogen) atoms. The number of carbonyl (C=O) groups excluding carboxylic acids is 1. The van der Waals surface area contributed by atoms with Crippen molar-refractivity contribution in [3.8, 4) is 17.2 Å². The Balaban J connectivity index is 2.32. The Morgan fingerprint density at radius 3 is 2.30 bits per heavy atom. The van der Waals surface area contributed by atoms with Gasteiger partial charge >= 0.3 is 0 Å². The predicted molar refractivity (Wildman–Crippen MR) is 99.7 cm³/mol. The van der Waals surface area contributed by atoms with Gasteiger partial charge in [0.25, 0.3) is 11.6 Å². The highest BCUT2D eigenvalue weighted by molar-refractivity contribution is 5.94. The van der Waals surface area contributed by atoms with Crippen LogP contribution in [0.2, 0.25) is 0 Å². The summed E-state index contributed by atoms with van der Waals surface area (Å²) in [6.07, 6.45) is 0. The number of nitro benzene ring substituents is 1. The molecule has 2 aromatic carbocycles. The molecule has 0 heterocycles. The topological polar surface area (TPSA) is 91.1 Å². The van der Waals surface area contributed by atoms with E-state index in [9.17, 15) is 14.9 Å². The lowest BCUT2D eigenvalue weighted by atomic mass is 10.1. The Kier molecular flexibility index (Phi) is 6.23. The molecule has 0 aliphatic rings. The van der Waals surface area contributed by atoms with E-state index in [1.165, 1.54) is 32.3 Å². The molecule has 8 heteroatoms. The van der Waals surface area contributed by atoms with Gasteiger partial charge in [-0.3, -0.25) is 14.9 Å². The zero-order chi connectivity index (χ0) is 20.1. The van der Waals surface area contributed by atoms with Crippen molar-refractivity contribution >= 4 is 11.6 Å². The lowest BCUT2D eigenvalue weighted by molar-refractivity contribution is -0.385. The Hall–Kier alpha value is -3.29. The van der Waals surface area contributed by atoms with Gasteiger partial charge in [0.2, 0.25) is 5.75 Å². The molecule has 0 aliphatic carbocycles. The highest BCUT2D eigenvalue weighted by atomic mass is 16.6. The first-order valence-corrected chi connectivity index (χ1v) is 8.12. The summed E-state index contributed by atoms with van der Waals surface area (Å²) in [5.74, 6) is 1.08. The highest BCUT2D eigenvalue weighted by Crippen LogP contribution is 2.40. The normalized spacial score (nSPS) is 10.3. The number of rotatable bonds is 7. The maximum Gasteiger partial charge on any atom is 0.273 e. The van der Waals surface area contributed by atoms with E-state index in [1.807, 2.05) is 0 Å². The molecule has 0 unspecified atom stereocenters. The number of hydrogen-bond acceptors (Lipinski definition) is 6. The summed E-state index contributed by atoms with van der Waals surface area (Å²) in [5, 5.41) is 11.1. The molecule has 0 aliphatic heterocycles. The van der Waals surface area contributed by atoms with Crippen LogP contribution in [-0.4, -0.2) is 44.1 Å². The second kappa shape index (κ2) is 8.39. The van der Waals surface area contributed by atoms with Crippen LogP contribution >= 0.6 is 0 Å². The van der Waals surface area contributed by atoms with Crippen molar-refractivity contribution in [2.45, 2.75) is 13.5 Å². The fourth-order valence-corrected chi connectivity index (χ4v) is 2.77. The van der Waals surface area contributed by atoms with E-state index in [-0.39, 0.29) is 23.7 Å². The average molecular weight is 374 g/mol. The van der Waals surface area contributed by atoms with E-state index < -0.39 is 4.92 Å². The number of ether oxygens (including phenoxy) is 3. The number of benzene rings is 2. The Morgan fingerprint density at radius 2 is 1.74 bits per heavy atom. The van der Waals surface area contributed by atoms with Gasteiger partial charge in [-0.05, 0) is 25.1 Å². The zero-order valence-corrected chi connectivity index (χ0v) is 15.9. The zero-order valence-electron chi connectivity index (χ0n) is 15.9. The lowest BCUT2D eigenvalue weighted by Gasteiger charge is -2.21. The maximum atomic E-state index is 12.7. The number of methoxy groups -OCH3 is 3. The summed E-state index contributed by atoms with van der Waals surface area (Å²) in [7, 11) is 6.15. The van der Waals surface area contributed by atoms with Crippen LogP contribution in [0.25, 0.3) is 0 Å². The largest absolute Gasteiger partial charge is 0.493 e. The third-order valence-corrected chi connectivity index (χ3v) is 4.19. The second-order valence-electron chi connectivity index (χ2n) is 5.91. The van der Waals surface area contributed by atoms with Gasteiger partial charge in [0.1, 0.15) is 0 Å². The number of hydrogen-bond donors (Lipinski definition) is 0. The third kappa shape index (κ3) is 4.11. The van der Waals surface area contributed by atoms with E-state index in [0.29, 0.717) is 28.4 Å². The van der Waals surface area contributed by atoms with Crippen LogP contribution < -0.4 is 14.2 Å². The number of nitro groups is 1. The molecule has 0 saturated carbocycles. The molecule has 0 radical (unpaired) electrons. The number of nitrogens with zero attached hydrogens (tertiary/aromatic N) is 2. The Bertz CT molecular complexity index is 866. The molecule has 8 nitrogen and oxygen atoms in total. The third-order valence-electron chi connectivity index (χ3n) is 4.19. The van der Waals surface area contributed by atoms with Gasteiger partial charge in [-0.2, -0.15) is 0 Å². The van der Waals surface area contributed by atoms with E-state index in [0.717, 1.165) is 0 Å². The smallest absolute Gasteiger partial charge is 0.273 e. The molecule has 0 fully saturated rings. The van der Waals surface area contributed by atoms with Crippen LogP contribution in [0.5, 0.6) is 17.2 Å². The van der Waals surface area contributed by atoms with Gasteiger partial charge in [0.05, 0.1) is 26.3 Å². The summed E-state index contributed by atoms with van der Waals surface area (Å²) in [4.78, 5) is 24.8. The second-order valence-corrected chi connectivity index (χ2v) is 5.91. The summed E-state index contributed by atoms with van der Waals surface area (Å²) in [6.45, 7) is 1.86. The summed E-state index contributed by atoms with van der Waals surface area (Å²) >= 11 is 0. The van der Waals surface area contributed by atoms with E-state index in [2.05, 4.69) is 0 Å². The number of carbonyl (C=O) groups is 1. The van der Waals surface area contributed by atoms with Crippen molar-refractivity contribution in [1.82, 2.24) is 4.90 Å². The van der Waals surface area contributed by atoms with Gasteiger partial charge in [-0.1, -0.05) is 6.07 Å². The van der Waals surface area contributed by atoms with Crippen molar-refractivity contribution in [3.63, 3.8) is 0 Å². The molecule has 0 atom stereocenters. The molecule has 0 spiro atoms. The molecule has 1 amide bonds. The Labute approximate surface area is 157 Å². The van der Waals surface area contributed by atoms with Crippen LogP contribution in [0.4, 0.5) is 5.69 Å². The van der Waals surface area contributed by atoms with Crippen LogP contribution in [0.1, 0.15) is 21.5 Å². The lowest BCUT2D eigenvalue weighted by Crippen LogP contribution is -2.26. The minimum Gasteiger partial charge on any atom is -0.493 e. The van der Waals surface area contributed by atoms with Gasteiger partial charge in [0.15, 0.2) is 11.5 Å². The first-order valence-electron chi connectivity index (χ1n) is 8.12. The van der Waals surface area contributed by atoms with Crippen LogP contribution in [0, 0.1) is 17.0 Å². The van der Waals surface area contributed by atoms with Crippen LogP contribution in [-0.2, 0) is 6.54 Å². The molecule has 2 aromatic rings. The molecule has 144 valence electrons. The van der Waals surface area contributed by atoms with Crippen LogP contribution in [0.3, 0.4) is 0 Å². The molecule has 0 bridgehead atoms. The summed E-state index contributed by atoms with van der Waals surface area (Å²) < 4.78 is 16.0. The standard InChI is InChI=1S/C19H22N2O6/c1-12-6-7-13(10-15(12)21(23)24)19(22)20(2)11-14-8-9-16(25-3)18(27-5)17(14)26-4/h6-10H,11H2,1-5H3. The highest BCUT2D eigenvalue weighted by Gasteiger charge is 2.21. The minimum atomic E-state index is -0.497. The van der Waals surface area contributed by atoms with E-state index in [1.54, 1.807) is 38.2 Å². The van der Waals surface area contributed by atoms with Gasteiger partial charge in [-0.25, -0.2) is 0 Å². The van der Waals surface area contributed by atoms with Crippen molar-refractivity contribution in [3.05, 3.63) is 57.1 Å². The summed E-state index contributed by atoms with van der Waals surface area (Å²) in [6, 6.07) is 7.94. The van der Waals surface area contributed by atoms with Gasteiger partial charge in [0, 0.05) is 36.3 Å². The molecule has 0 N–H and O–H groups in total. The van der Waals surface area contributed by atoms with Crippen molar-refractivity contribution in [1.29, 1.82) is 0 Å². The fraction of sp³-hybridized carbons (Fsp3) is 0.316.